The molecule has 18 heavy (non-hydrogen) atoms. The number of carbonyl (C=O) groups is 2. The van der Waals surface area contributed by atoms with Crippen LogP contribution < -0.4 is 0 Å². The van der Waals surface area contributed by atoms with Crippen molar-refractivity contribution in [1.29, 1.82) is 0 Å². The summed E-state index contributed by atoms with van der Waals surface area (Å²) in [6.07, 6.45) is -4.87. The average Bonchev–Trinajstić information content (AvgIpc) is 2.24. The fourth-order valence-electron chi connectivity index (χ4n) is 0.530. The Kier molecular flexibility index (Phi) is 8.59. The van der Waals surface area contributed by atoms with E-state index in [1.54, 1.807) is 6.92 Å². The number of methoxy groups -OCH3 is 1. The maximum Gasteiger partial charge on any atom is 0.392 e. The first-order chi connectivity index (χ1) is 8.01. The molecular formula is C11H15F3O4. The van der Waals surface area contributed by atoms with Crippen molar-refractivity contribution in [3.05, 3.63) is 23.8 Å². The van der Waals surface area contributed by atoms with E-state index >= 15 is 0 Å². The highest BCUT2D eigenvalue weighted by molar-refractivity contribution is 5.86. The van der Waals surface area contributed by atoms with Crippen molar-refractivity contribution in [1.82, 2.24) is 0 Å². The van der Waals surface area contributed by atoms with E-state index in [-0.39, 0.29) is 11.5 Å². The number of carboxylic acids is 1. The highest BCUT2D eigenvalue weighted by atomic mass is 19.4. The van der Waals surface area contributed by atoms with E-state index in [9.17, 15) is 22.8 Å². The fourth-order valence-corrected chi connectivity index (χ4v) is 0.530. The number of hydrogen-bond acceptors (Lipinski definition) is 3. The smallest absolute Gasteiger partial charge is 0.392 e. The van der Waals surface area contributed by atoms with Crippen LogP contribution in [0.2, 0.25) is 0 Å². The number of allylic oxidation sites excluding steroid dienone is 1. The molecule has 0 aliphatic rings. The summed E-state index contributed by atoms with van der Waals surface area (Å²) in [5.74, 6) is -1.67. The summed E-state index contributed by atoms with van der Waals surface area (Å²) < 4.78 is 38.6. The molecule has 1 N–H and O–H groups in total. The van der Waals surface area contributed by atoms with Crippen molar-refractivity contribution in [2.24, 2.45) is 0 Å². The van der Waals surface area contributed by atoms with Crippen LogP contribution in [-0.2, 0) is 14.3 Å². The van der Waals surface area contributed by atoms with E-state index in [1.807, 2.05) is 0 Å². The van der Waals surface area contributed by atoms with Gasteiger partial charge in [0.05, 0.1) is 13.5 Å². The van der Waals surface area contributed by atoms with Crippen LogP contribution in [0.4, 0.5) is 13.2 Å². The number of alkyl halides is 3. The summed E-state index contributed by atoms with van der Waals surface area (Å²) in [6, 6.07) is 0. The van der Waals surface area contributed by atoms with Crippen molar-refractivity contribution < 1.29 is 32.6 Å². The van der Waals surface area contributed by atoms with Gasteiger partial charge in [-0.15, -0.1) is 0 Å². The second-order valence-electron chi connectivity index (χ2n) is 3.28. The molecule has 0 amide bonds. The number of aliphatic carboxylic acids is 1. The maximum atomic E-state index is 11.4. The van der Waals surface area contributed by atoms with Gasteiger partial charge in [-0.1, -0.05) is 12.7 Å². The number of carboxylic acid groups (broad SMARTS) is 1. The molecule has 0 aromatic heterocycles. The van der Waals surface area contributed by atoms with Gasteiger partial charge in [-0.3, -0.25) is 0 Å². The third-order valence-corrected chi connectivity index (χ3v) is 1.51. The van der Waals surface area contributed by atoms with Crippen molar-refractivity contribution in [2.45, 2.75) is 26.4 Å². The lowest BCUT2D eigenvalue weighted by molar-refractivity contribution is -0.136. The van der Waals surface area contributed by atoms with Crippen LogP contribution in [0.3, 0.4) is 0 Å². The van der Waals surface area contributed by atoms with Gasteiger partial charge in [0.1, 0.15) is 0 Å². The number of rotatable bonds is 3. The minimum atomic E-state index is -4.32. The molecular weight excluding hydrogens is 253 g/mol. The highest BCUT2D eigenvalue weighted by Gasteiger charge is 2.25. The van der Waals surface area contributed by atoms with Gasteiger partial charge in [0.2, 0.25) is 0 Å². The van der Waals surface area contributed by atoms with Crippen LogP contribution in [-0.4, -0.2) is 30.3 Å². The molecule has 0 aromatic rings. The van der Waals surface area contributed by atoms with Crippen molar-refractivity contribution >= 4 is 11.9 Å². The zero-order chi connectivity index (χ0) is 14.9. The van der Waals surface area contributed by atoms with Crippen molar-refractivity contribution in [3.63, 3.8) is 0 Å². The minimum absolute atomic E-state index is 0.290. The molecule has 0 rings (SSSR count). The lowest BCUT2D eigenvalue weighted by atomic mass is 10.2. The van der Waals surface area contributed by atoms with Gasteiger partial charge in [0.25, 0.3) is 0 Å². The summed E-state index contributed by atoms with van der Waals surface area (Å²) in [4.78, 5) is 20.2. The Morgan fingerprint density at radius 1 is 1.33 bits per heavy atom. The standard InChI is InChI=1S/C6H7F3O2.C5H8O2/c1-4(5(10)11)2-3-6(7,8)9;1-4(2)5(6)7-3/h2H,3H2,1H3,(H,10,11);1H2,2-3H3. The number of hydrogen-bond donors (Lipinski definition) is 1. The van der Waals surface area contributed by atoms with Crippen LogP contribution in [0.5, 0.6) is 0 Å². The molecule has 4 nitrogen and oxygen atoms in total. The normalized spacial score (nSPS) is 11.1. The fraction of sp³-hybridized carbons (Fsp3) is 0.455. The van der Waals surface area contributed by atoms with Gasteiger partial charge in [0.15, 0.2) is 0 Å². The second-order valence-corrected chi connectivity index (χ2v) is 3.28. The highest BCUT2D eigenvalue weighted by Crippen LogP contribution is 2.20. The van der Waals surface area contributed by atoms with Gasteiger partial charge in [-0.05, 0) is 13.8 Å². The lowest BCUT2D eigenvalue weighted by Crippen LogP contribution is -2.06. The van der Waals surface area contributed by atoms with Gasteiger partial charge in [0, 0.05) is 11.1 Å². The summed E-state index contributed by atoms with van der Waals surface area (Å²) in [5, 5.41) is 8.14. The molecule has 0 atom stereocenters. The van der Waals surface area contributed by atoms with Crippen molar-refractivity contribution in [2.75, 3.05) is 7.11 Å². The maximum absolute atomic E-state index is 11.4. The molecule has 0 radical (unpaired) electrons. The Morgan fingerprint density at radius 3 is 1.94 bits per heavy atom. The van der Waals surface area contributed by atoms with E-state index in [1.165, 1.54) is 7.11 Å². The Hall–Kier alpha value is -1.79. The Bertz CT molecular complexity index is 343. The molecule has 0 fully saturated rings. The van der Waals surface area contributed by atoms with E-state index in [4.69, 9.17) is 5.11 Å². The van der Waals surface area contributed by atoms with Gasteiger partial charge < -0.3 is 9.84 Å². The molecule has 0 aliphatic carbocycles. The average molecular weight is 268 g/mol. The predicted octanol–water partition coefficient (Wildman–Crippen LogP) is 2.71. The van der Waals surface area contributed by atoms with E-state index in [0.717, 1.165) is 6.92 Å². The molecule has 0 saturated heterocycles. The first-order valence-electron chi connectivity index (χ1n) is 4.72. The minimum Gasteiger partial charge on any atom is -0.478 e. The third kappa shape index (κ3) is 12.3. The van der Waals surface area contributed by atoms with Crippen LogP contribution in [0.25, 0.3) is 0 Å². The zero-order valence-corrected chi connectivity index (χ0v) is 10.3. The van der Waals surface area contributed by atoms with E-state index in [2.05, 4.69) is 11.3 Å². The molecule has 104 valence electrons. The zero-order valence-electron chi connectivity index (χ0n) is 10.3. The summed E-state index contributed by atoms with van der Waals surface area (Å²) >= 11 is 0. The van der Waals surface area contributed by atoms with Crippen molar-refractivity contribution in [3.8, 4) is 0 Å². The quantitative estimate of drug-likeness (QED) is 0.631. The Morgan fingerprint density at radius 2 is 1.78 bits per heavy atom. The van der Waals surface area contributed by atoms with Crippen LogP contribution in [0, 0.1) is 0 Å². The lowest BCUT2D eigenvalue weighted by Gasteiger charge is -2.00. The van der Waals surface area contributed by atoms with E-state index < -0.39 is 18.6 Å². The molecule has 0 heterocycles. The molecule has 0 aliphatic heterocycles. The van der Waals surface area contributed by atoms with E-state index in [0.29, 0.717) is 11.6 Å². The molecule has 0 aromatic carbocycles. The number of ether oxygens (including phenoxy) is 1. The summed E-state index contributed by atoms with van der Waals surface area (Å²) in [5.41, 5.74) is 0.143. The SMILES string of the molecule is C=C(C)C(=O)OC.CC(=CCC(F)(F)F)C(=O)O. The van der Waals surface area contributed by atoms with Gasteiger partial charge >= 0.3 is 18.1 Å². The summed E-state index contributed by atoms with van der Waals surface area (Å²) in [7, 11) is 1.33. The monoisotopic (exact) mass is 268 g/mol. The number of halogens is 3. The molecule has 0 spiro atoms. The first kappa shape index (κ1) is 18.6. The molecule has 7 heteroatoms. The first-order valence-corrected chi connectivity index (χ1v) is 4.72. The predicted molar refractivity (Wildman–Crippen MR) is 58.9 cm³/mol. The summed E-state index contributed by atoms with van der Waals surface area (Å²) in [6.45, 7) is 6.07. The Balaban J connectivity index is 0. The van der Waals surface area contributed by atoms with Crippen LogP contribution in [0.1, 0.15) is 20.3 Å². The number of carbonyl (C=O) groups excluding carboxylic acids is 1. The molecule has 0 unspecified atom stereocenters. The van der Waals surface area contributed by atoms with Gasteiger partial charge in [-0.2, -0.15) is 13.2 Å². The Labute approximate surface area is 103 Å². The number of esters is 1. The van der Waals surface area contributed by atoms with Crippen LogP contribution in [0.15, 0.2) is 23.8 Å². The van der Waals surface area contributed by atoms with Crippen LogP contribution >= 0.6 is 0 Å². The topological polar surface area (TPSA) is 63.6 Å². The van der Waals surface area contributed by atoms with Gasteiger partial charge in [-0.25, -0.2) is 9.59 Å². The second kappa shape index (κ2) is 8.32. The largest absolute Gasteiger partial charge is 0.478 e. The third-order valence-electron chi connectivity index (χ3n) is 1.51. The molecule has 0 bridgehead atoms. The molecule has 0 saturated carbocycles.